The van der Waals surface area contributed by atoms with Crippen LogP contribution in [-0.4, -0.2) is 23.3 Å². The molecule has 0 fully saturated rings. The lowest BCUT2D eigenvalue weighted by Crippen LogP contribution is -2.22. The minimum absolute atomic E-state index is 0.122. The standard InChI is InChI=1S/C12H22FO2P/c1-5-16(15,6-2)12(14)10-7-8(3)11(13)9(10)4/h8,10,12,14H,5-7H2,1-4H3/t8-,10+,12?/m1/s1. The lowest BCUT2D eigenvalue weighted by molar-refractivity contribution is 0.191. The Balaban J connectivity index is 2.93. The maximum atomic E-state index is 13.6. The highest BCUT2D eigenvalue weighted by Crippen LogP contribution is 2.56. The second-order valence-corrected chi connectivity index (χ2v) is 8.47. The SMILES string of the molecule is CCP(=O)(CC)C(O)[C@H]1C[C@@H](C)C(F)=C1C. The van der Waals surface area contributed by atoms with Gasteiger partial charge in [-0.25, -0.2) is 4.39 Å². The van der Waals surface area contributed by atoms with Gasteiger partial charge in [0.2, 0.25) is 0 Å². The lowest BCUT2D eigenvalue weighted by atomic mass is 10.0. The molecule has 2 nitrogen and oxygen atoms in total. The summed E-state index contributed by atoms with van der Waals surface area (Å²) in [7, 11) is -2.56. The van der Waals surface area contributed by atoms with Gasteiger partial charge in [0.05, 0.1) is 0 Å². The molecule has 0 saturated carbocycles. The molecule has 4 heteroatoms. The summed E-state index contributed by atoms with van der Waals surface area (Å²) in [5, 5.41) is 10.2. The van der Waals surface area contributed by atoms with Gasteiger partial charge < -0.3 is 9.67 Å². The average Bonchev–Trinajstić information content (AvgIpc) is 2.55. The predicted molar refractivity (Wildman–Crippen MR) is 65.8 cm³/mol. The maximum Gasteiger partial charge on any atom is 0.115 e. The molecule has 16 heavy (non-hydrogen) atoms. The van der Waals surface area contributed by atoms with Crippen LogP contribution in [0.2, 0.25) is 0 Å². The Labute approximate surface area is 97.3 Å². The number of halogens is 1. The van der Waals surface area contributed by atoms with Crippen LogP contribution in [0.5, 0.6) is 0 Å². The Hall–Kier alpha value is -0.140. The molecule has 0 aliphatic heterocycles. The van der Waals surface area contributed by atoms with Crippen LogP contribution in [0.25, 0.3) is 0 Å². The van der Waals surface area contributed by atoms with E-state index in [2.05, 4.69) is 0 Å². The van der Waals surface area contributed by atoms with Crippen molar-refractivity contribution in [2.24, 2.45) is 11.8 Å². The molecule has 3 atom stereocenters. The minimum atomic E-state index is -2.56. The summed E-state index contributed by atoms with van der Waals surface area (Å²) in [6, 6.07) is 0. The van der Waals surface area contributed by atoms with Crippen LogP contribution in [0, 0.1) is 11.8 Å². The third-order valence-corrected chi connectivity index (χ3v) is 7.35. The summed E-state index contributed by atoms with van der Waals surface area (Å²) in [6.45, 7) is 7.19. The highest BCUT2D eigenvalue weighted by molar-refractivity contribution is 7.64. The third-order valence-electron chi connectivity index (χ3n) is 3.89. The fraction of sp³-hybridized carbons (Fsp3) is 0.833. The fourth-order valence-electron chi connectivity index (χ4n) is 2.50. The second kappa shape index (κ2) is 5.01. The van der Waals surface area contributed by atoms with Gasteiger partial charge in [-0.1, -0.05) is 20.8 Å². The number of rotatable bonds is 4. The minimum Gasteiger partial charge on any atom is -0.385 e. The molecule has 0 aromatic rings. The monoisotopic (exact) mass is 248 g/mol. The first-order chi connectivity index (χ1) is 7.37. The Morgan fingerprint density at radius 1 is 1.50 bits per heavy atom. The molecule has 0 saturated heterocycles. The molecule has 1 N–H and O–H groups in total. The number of hydrogen-bond donors (Lipinski definition) is 1. The van der Waals surface area contributed by atoms with E-state index < -0.39 is 13.0 Å². The second-order valence-electron chi connectivity index (χ2n) is 4.77. The van der Waals surface area contributed by atoms with Crippen LogP contribution in [0.1, 0.15) is 34.1 Å². The van der Waals surface area contributed by atoms with E-state index in [4.69, 9.17) is 0 Å². The van der Waals surface area contributed by atoms with Gasteiger partial charge in [0.1, 0.15) is 18.8 Å². The van der Waals surface area contributed by atoms with Crippen LogP contribution >= 0.6 is 7.14 Å². The van der Waals surface area contributed by atoms with Crippen molar-refractivity contribution in [1.82, 2.24) is 0 Å². The normalized spacial score (nSPS) is 28.6. The summed E-state index contributed by atoms with van der Waals surface area (Å²) in [6.07, 6.45) is 1.57. The average molecular weight is 248 g/mol. The van der Waals surface area contributed by atoms with Crippen molar-refractivity contribution in [3.63, 3.8) is 0 Å². The molecule has 1 rings (SSSR count). The Morgan fingerprint density at radius 2 is 2.00 bits per heavy atom. The number of hydrogen-bond acceptors (Lipinski definition) is 2. The summed E-state index contributed by atoms with van der Waals surface area (Å²) in [5.41, 5.74) is 0.599. The van der Waals surface area contributed by atoms with Crippen LogP contribution in [0.4, 0.5) is 4.39 Å². The molecular weight excluding hydrogens is 226 g/mol. The van der Waals surface area contributed by atoms with E-state index >= 15 is 0 Å². The zero-order valence-corrected chi connectivity index (χ0v) is 11.4. The van der Waals surface area contributed by atoms with Gasteiger partial charge in [0, 0.05) is 24.2 Å². The van der Waals surface area contributed by atoms with E-state index in [0.717, 1.165) is 0 Å². The smallest absolute Gasteiger partial charge is 0.115 e. The molecule has 0 spiro atoms. The van der Waals surface area contributed by atoms with Gasteiger partial charge in [-0.15, -0.1) is 0 Å². The molecule has 0 radical (unpaired) electrons. The zero-order valence-electron chi connectivity index (χ0n) is 10.5. The van der Waals surface area contributed by atoms with Crippen molar-refractivity contribution in [1.29, 1.82) is 0 Å². The third kappa shape index (κ3) is 2.26. The van der Waals surface area contributed by atoms with Crippen molar-refractivity contribution in [3.8, 4) is 0 Å². The number of aliphatic hydroxyl groups is 1. The fourth-order valence-corrected chi connectivity index (χ4v) is 4.69. The van der Waals surface area contributed by atoms with Crippen LogP contribution in [0.3, 0.4) is 0 Å². The summed E-state index contributed by atoms with van der Waals surface area (Å²) in [4.78, 5) is 0. The van der Waals surface area contributed by atoms with E-state index in [-0.39, 0.29) is 17.7 Å². The maximum absolute atomic E-state index is 13.6. The van der Waals surface area contributed by atoms with Crippen molar-refractivity contribution in [2.45, 2.75) is 40.0 Å². The molecule has 0 aromatic heterocycles. The van der Waals surface area contributed by atoms with Gasteiger partial charge in [0.15, 0.2) is 0 Å². The van der Waals surface area contributed by atoms with Gasteiger partial charge in [-0.2, -0.15) is 0 Å². The Bertz CT molecular complexity index is 330. The highest BCUT2D eigenvalue weighted by Gasteiger charge is 2.40. The van der Waals surface area contributed by atoms with Gasteiger partial charge >= 0.3 is 0 Å². The first-order valence-corrected chi connectivity index (χ1v) is 8.14. The van der Waals surface area contributed by atoms with Gasteiger partial charge in [-0.3, -0.25) is 0 Å². The van der Waals surface area contributed by atoms with Crippen LogP contribution < -0.4 is 0 Å². The molecule has 1 aliphatic rings. The Morgan fingerprint density at radius 3 is 2.31 bits per heavy atom. The number of aliphatic hydroxyl groups excluding tert-OH is 1. The molecule has 0 amide bonds. The molecule has 0 bridgehead atoms. The van der Waals surface area contributed by atoms with E-state index in [0.29, 0.717) is 24.3 Å². The quantitative estimate of drug-likeness (QED) is 0.772. The van der Waals surface area contributed by atoms with Crippen molar-refractivity contribution < 1.29 is 14.1 Å². The lowest BCUT2D eigenvalue weighted by Gasteiger charge is -2.27. The summed E-state index contributed by atoms with van der Waals surface area (Å²) >= 11 is 0. The predicted octanol–water partition coefficient (Wildman–Crippen LogP) is 3.61. The van der Waals surface area contributed by atoms with E-state index in [1.54, 1.807) is 6.92 Å². The summed E-state index contributed by atoms with van der Waals surface area (Å²) < 4.78 is 26.0. The van der Waals surface area contributed by atoms with Crippen molar-refractivity contribution in [2.75, 3.05) is 12.3 Å². The zero-order chi connectivity index (χ0) is 12.5. The molecule has 0 heterocycles. The van der Waals surface area contributed by atoms with Gasteiger partial charge in [-0.05, 0) is 18.9 Å². The van der Waals surface area contributed by atoms with Gasteiger partial charge in [0.25, 0.3) is 0 Å². The molecule has 94 valence electrons. The van der Waals surface area contributed by atoms with E-state index in [1.807, 2.05) is 20.8 Å². The van der Waals surface area contributed by atoms with Crippen LogP contribution in [0.15, 0.2) is 11.4 Å². The van der Waals surface area contributed by atoms with Crippen molar-refractivity contribution >= 4 is 7.14 Å². The van der Waals surface area contributed by atoms with E-state index in [9.17, 15) is 14.1 Å². The number of allylic oxidation sites excluding steroid dienone is 1. The topological polar surface area (TPSA) is 37.3 Å². The van der Waals surface area contributed by atoms with E-state index in [1.165, 1.54) is 0 Å². The summed E-state index contributed by atoms with van der Waals surface area (Å²) in [5.74, 6) is -1.37. The highest BCUT2D eigenvalue weighted by atomic mass is 31.2. The largest absolute Gasteiger partial charge is 0.385 e. The van der Waals surface area contributed by atoms with Crippen molar-refractivity contribution in [3.05, 3.63) is 11.4 Å². The molecule has 1 aliphatic carbocycles. The first-order valence-electron chi connectivity index (χ1n) is 5.99. The molecular formula is C12H22FO2P. The molecule has 1 unspecified atom stereocenters. The molecule has 0 aromatic carbocycles. The Kier molecular flexibility index (Phi) is 4.36. The first kappa shape index (κ1) is 13.9. The van der Waals surface area contributed by atoms with Crippen LogP contribution in [-0.2, 0) is 4.57 Å².